The zero-order chi connectivity index (χ0) is 21.6. The molecule has 5 heteroatoms. The fourth-order valence-corrected chi connectivity index (χ4v) is 4.72. The number of ether oxygens (including phenoxy) is 1. The number of nitrogens with zero attached hydrogens (tertiary/aromatic N) is 2. The van der Waals surface area contributed by atoms with Gasteiger partial charge in [-0.25, -0.2) is 4.39 Å². The molecule has 4 nitrogen and oxygen atoms in total. The van der Waals surface area contributed by atoms with E-state index in [9.17, 15) is 9.18 Å². The van der Waals surface area contributed by atoms with Gasteiger partial charge in [0.05, 0.1) is 7.11 Å². The highest BCUT2D eigenvalue weighted by Gasteiger charge is 2.34. The number of benzene rings is 2. The quantitative estimate of drug-likeness (QED) is 0.635. The van der Waals surface area contributed by atoms with E-state index in [1.165, 1.54) is 17.7 Å². The number of carbonyl (C=O) groups excluding carboxylic acids is 1. The highest BCUT2D eigenvalue weighted by Crippen LogP contribution is 2.31. The van der Waals surface area contributed by atoms with Crippen molar-refractivity contribution in [3.05, 3.63) is 77.6 Å². The fourth-order valence-electron chi connectivity index (χ4n) is 4.72. The Kier molecular flexibility index (Phi) is 7.03. The highest BCUT2D eigenvalue weighted by molar-refractivity contribution is 5.80. The Hall–Kier alpha value is -2.66. The summed E-state index contributed by atoms with van der Waals surface area (Å²) >= 11 is 0. The van der Waals surface area contributed by atoms with Crippen molar-refractivity contribution in [1.29, 1.82) is 0 Å². The first-order valence-electron chi connectivity index (χ1n) is 11.2. The molecule has 1 fully saturated rings. The second-order valence-corrected chi connectivity index (χ2v) is 8.62. The van der Waals surface area contributed by atoms with Crippen molar-refractivity contribution in [2.24, 2.45) is 11.8 Å². The zero-order valence-electron chi connectivity index (χ0n) is 18.2. The van der Waals surface area contributed by atoms with Gasteiger partial charge in [-0.1, -0.05) is 36.4 Å². The molecule has 2 aliphatic rings. The van der Waals surface area contributed by atoms with Gasteiger partial charge in [-0.3, -0.25) is 9.69 Å². The third-order valence-electron chi connectivity index (χ3n) is 6.56. The minimum Gasteiger partial charge on any atom is -0.497 e. The Morgan fingerprint density at radius 1 is 0.935 bits per heavy atom. The minimum absolute atomic E-state index is 0.0438. The molecule has 0 bridgehead atoms. The number of carbonyl (C=O) groups is 1. The third-order valence-corrected chi connectivity index (χ3v) is 6.56. The maximum absolute atomic E-state index is 13.3. The number of allylic oxidation sites excluding steroid dienone is 1. The molecule has 2 aromatic carbocycles. The summed E-state index contributed by atoms with van der Waals surface area (Å²) in [5.74, 6) is 1.33. The second kappa shape index (κ2) is 10.1. The lowest BCUT2D eigenvalue weighted by Crippen LogP contribution is -2.42. The van der Waals surface area contributed by atoms with E-state index < -0.39 is 0 Å². The number of piperidine rings is 1. The van der Waals surface area contributed by atoms with Crippen LogP contribution in [0.25, 0.3) is 0 Å². The Balaban J connectivity index is 1.33. The number of rotatable bonds is 6. The summed E-state index contributed by atoms with van der Waals surface area (Å²) in [6.45, 7) is 4.13. The van der Waals surface area contributed by atoms with E-state index in [2.05, 4.69) is 29.2 Å². The van der Waals surface area contributed by atoms with E-state index in [0.717, 1.165) is 50.2 Å². The van der Waals surface area contributed by atoms with Gasteiger partial charge in [0.15, 0.2) is 0 Å². The van der Waals surface area contributed by atoms with E-state index >= 15 is 0 Å². The van der Waals surface area contributed by atoms with Crippen LogP contribution in [0.15, 0.2) is 60.7 Å². The van der Waals surface area contributed by atoms with Crippen molar-refractivity contribution in [1.82, 2.24) is 9.80 Å². The van der Waals surface area contributed by atoms with Gasteiger partial charge < -0.3 is 9.64 Å². The van der Waals surface area contributed by atoms with Crippen molar-refractivity contribution >= 4 is 5.91 Å². The van der Waals surface area contributed by atoms with E-state index in [4.69, 9.17) is 4.74 Å². The molecule has 31 heavy (non-hydrogen) atoms. The summed E-state index contributed by atoms with van der Waals surface area (Å²) in [5, 5.41) is 0. The van der Waals surface area contributed by atoms with Gasteiger partial charge in [-0.05, 0) is 73.7 Å². The third kappa shape index (κ3) is 5.53. The Morgan fingerprint density at radius 3 is 2.26 bits per heavy atom. The molecule has 1 amide bonds. The van der Waals surface area contributed by atoms with E-state index in [0.29, 0.717) is 19.0 Å². The number of hydrogen-bond donors (Lipinski definition) is 0. The van der Waals surface area contributed by atoms with Crippen molar-refractivity contribution in [2.45, 2.75) is 32.4 Å². The van der Waals surface area contributed by atoms with Crippen LogP contribution < -0.4 is 4.74 Å². The van der Waals surface area contributed by atoms with Crippen LogP contribution in [-0.2, 0) is 17.9 Å². The SMILES string of the molecule is COc1ccc(CN2CCC(C3CC=CCN(Cc4ccc(F)cc4)C3=O)CC2)cc1. The van der Waals surface area contributed by atoms with E-state index in [-0.39, 0.29) is 17.6 Å². The molecule has 1 unspecified atom stereocenters. The topological polar surface area (TPSA) is 32.8 Å². The lowest BCUT2D eigenvalue weighted by atomic mass is 9.81. The molecule has 4 rings (SSSR count). The molecule has 1 saturated heterocycles. The first-order valence-corrected chi connectivity index (χ1v) is 11.2. The molecule has 164 valence electrons. The second-order valence-electron chi connectivity index (χ2n) is 8.62. The van der Waals surface area contributed by atoms with Crippen LogP contribution in [0.4, 0.5) is 4.39 Å². The molecule has 0 saturated carbocycles. The number of amides is 1. The van der Waals surface area contributed by atoms with E-state index in [1.54, 1.807) is 19.2 Å². The van der Waals surface area contributed by atoms with Crippen LogP contribution in [-0.4, -0.2) is 42.5 Å². The predicted molar refractivity (Wildman–Crippen MR) is 120 cm³/mol. The molecule has 2 aliphatic heterocycles. The Morgan fingerprint density at radius 2 is 1.58 bits per heavy atom. The van der Waals surface area contributed by atoms with Crippen LogP contribution in [0.2, 0.25) is 0 Å². The standard InChI is InChI=1S/C26H31FN2O2/c1-31-24-11-7-20(8-12-24)18-28-16-13-22(14-17-28)25-4-2-3-15-29(26(25)30)19-21-5-9-23(27)10-6-21/h2-3,5-12,22,25H,4,13-19H2,1H3. The van der Waals surface area contributed by atoms with Crippen LogP contribution >= 0.6 is 0 Å². The highest BCUT2D eigenvalue weighted by atomic mass is 19.1. The minimum atomic E-state index is -0.245. The van der Waals surface area contributed by atoms with Crippen molar-refractivity contribution in [3.8, 4) is 5.75 Å². The molecule has 0 radical (unpaired) electrons. The van der Waals surface area contributed by atoms with Crippen LogP contribution in [0.3, 0.4) is 0 Å². The van der Waals surface area contributed by atoms with Gasteiger partial charge in [-0.15, -0.1) is 0 Å². The van der Waals surface area contributed by atoms with Gasteiger partial charge in [0.2, 0.25) is 5.91 Å². The number of halogens is 1. The molecule has 0 aromatic heterocycles. The summed E-state index contributed by atoms with van der Waals surface area (Å²) < 4.78 is 18.5. The van der Waals surface area contributed by atoms with Crippen LogP contribution in [0.5, 0.6) is 5.75 Å². The predicted octanol–water partition coefficient (Wildman–Crippen LogP) is 4.65. The van der Waals surface area contributed by atoms with Crippen LogP contribution in [0, 0.1) is 17.7 Å². The summed E-state index contributed by atoms with van der Waals surface area (Å²) in [4.78, 5) is 17.7. The average Bonchev–Trinajstić information content (AvgIpc) is 2.98. The average molecular weight is 423 g/mol. The van der Waals surface area contributed by atoms with Gasteiger partial charge in [-0.2, -0.15) is 0 Å². The fraction of sp³-hybridized carbons (Fsp3) is 0.423. The largest absolute Gasteiger partial charge is 0.497 e. The first-order chi connectivity index (χ1) is 15.1. The summed E-state index contributed by atoms with van der Waals surface area (Å²) in [7, 11) is 1.69. The molecule has 1 atom stereocenters. The maximum Gasteiger partial charge on any atom is 0.226 e. The molecular weight excluding hydrogens is 391 g/mol. The molecular formula is C26H31FN2O2. The molecule has 2 heterocycles. The molecule has 0 spiro atoms. The normalized spacial score (nSPS) is 20.6. The van der Waals surface area contributed by atoms with Gasteiger partial charge >= 0.3 is 0 Å². The van der Waals surface area contributed by atoms with Gasteiger partial charge in [0.1, 0.15) is 11.6 Å². The molecule has 0 aliphatic carbocycles. The maximum atomic E-state index is 13.3. The molecule has 2 aromatic rings. The summed E-state index contributed by atoms with van der Waals surface area (Å²) in [6.07, 6.45) is 7.18. The lowest BCUT2D eigenvalue weighted by molar-refractivity contribution is -0.137. The van der Waals surface area contributed by atoms with E-state index in [1.807, 2.05) is 17.0 Å². The lowest BCUT2D eigenvalue weighted by Gasteiger charge is -2.36. The zero-order valence-corrected chi connectivity index (χ0v) is 18.2. The Bertz CT molecular complexity index is 887. The number of hydrogen-bond acceptors (Lipinski definition) is 3. The first kappa shape index (κ1) is 21.6. The molecule has 0 N–H and O–H groups in total. The smallest absolute Gasteiger partial charge is 0.226 e. The number of likely N-dealkylation sites (tertiary alicyclic amines) is 1. The van der Waals surface area contributed by atoms with Crippen molar-refractivity contribution in [2.75, 3.05) is 26.7 Å². The summed E-state index contributed by atoms with van der Waals surface area (Å²) in [6, 6.07) is 14.7. The van der Waals surface area contributed by atoms with Crippen molar-refractivity contribution < 1.29 is 13.9 Å². The summed E-state index contributed by atoms with van der Waals surface area (Å²) in [5.41, 5.74) is 2.26. The van der Waals surface area contributed by atoms with Gasteiger partial charge in [0, 0.05) is 25.6 Å². The van der Waals surface area contributed by atoms with Crippen molar-refractivity contribution in [3.63, 3.8) is 0 Å². The Labute approximate surface area is 184 Å². The number of methoxy groups -OCH3 is 1. The van der Waals surface area contributed by atoms with Crippen LogP contribution in [0.1, 0.15) is 30.4 Å². The monoisotopic (exact) mass is 422 g/mol. The van der Waals surface area contributed by atoms with Gasteiger partial charge in [0.25, 0.3) is 0 Å².